The Morgan fingerprint density at radius 3 is 2.05 bits per heavy atom. The number of halogens is 6. The summed E-state index contributed by atoms with van der Waals surface area (Å²) in [4.78, 5) is 25.0. The molecule has 0 radical (unpaired) electrons. The number of likely N-dealkylation sites (N-methyl/N-ethyl adjacent to an activating group) is 1. The highest BCUT2D eigenvalue weighted by molar-refractivity contribution is 7.97. The molecule has 2 N–H and O–H groups in total. The lowest BCUT2D eigenvalue weighted by atomic mass is 9.84. The molecule has 3 aromatic carbocycles. The first-order chi connectivity index (χ1) is 20.0. The maximum atomic E-state index is 15.2. The van der Waals surface area contributed by atoms with Gasteiger partial charge in [-0.05, 0) is 67.1 Å². The molecular formula is C29H27F6N3O3S. The van der Waals surface area contributed by atoms with Crippen molar-refractivity contribution in [1.29, 1.82) is 0 Å². The van der Waals surface area contributed by atoms with Crippen molar-refractivity contribution in [2.45, 2.75) is 49.5 Å². The van der Waals surface area contributed by atoms with Crippen LogP contribution in [0.25, 0.3) is 0 Å². The molecule has 1 aliphatic rings. The quantitative estimate of drug-likeness (QED) is 0.0691. The molecule has 3 aromatic rings. The van der Waals surface area contributed by atoms with Gasteiger partial charge >= 0.3 is 0 Å². The molecule has 6 nitrogen and oxygen atoms in total. The van der Waals surface area contributed by atoms with Crippen molar-refractivity contribution in [3.05, 3.63) is 94.1 Å². The number of hydrogen-bond donors (Lipinski definition) is 2. The number of carbonyl (C=O) groups is 2. The van der Waals surface area contributed by atoms with E-state index >= 15 is 4.39 Å². The second-order valence-corrected chi connectivity index (χ2v) is 11.2. The molecule has 4 rings (SSSR count). The van der Waals surface area contributed by atoms with Crippen molar-refractivity contribution in [3.63, 3.8) is 0 Å². The normalized spacial score (nSPS) is 13.8. The second kappa shape index (κ2) is 13.6. The van der Waals surface area contributed by atoms with Crippen LogP contribution in [0.5, 0.6) is 0 Å². The van der Waals surface area contributed by atoms with E-state index in [9.17, 15) is 31.5 Å². The van der Waals surface area contributed by atoms with Gasteiger partial charge in [-0.3, -0.25) is 14.8 Å². The molecule has 2 amide bonds. The van der Waals surface area contributed by atoms with Gasteiger partial charge in [-0.1, -0.05) is 43.5 Å². The van der Waals surface area contributed by atoms with Gasteiger partial charge in [0, 0.05) is 5.56 Å². The summed E-state index contributed by atoms with van der Waals surface area (Å²) in [6, 6.07) is 10.7. The minimum absolute atomic E-state index is 0.127. The molecule has 1 saturated carbocycles. The SMILES string of the molecule is CN(CC(=O)N(Cc1ccc(C2CCCCC2)cc1)c1ccc(C(=O)NO)cc1F)Sc1c(F)c(F)c(F)c(F)c1F. The Morgan fingerprint density at radius 1 is 0.881 bits per heavy atom. The zero-order valence-electron chi connectivity index (χ0n) is 22.4. The van der Waals surface area contributed by atoms with Crippen molar-refractivity contribution in [1.82, 2.24) is 9.79 Å². The number of benzene rings is 3. The van der Waals surface area contributed by atoms with Gasteiger partial charge in [0.05, 0.1) is 18.8 Å². The summed E-state index contributed by atoms with van der Waals surface area (Å²) in [5, 5.41) is 8.85. The summed E-state index contributed by atoms with van der Waals surface area (Å²) in [6.45, 7) is -0.754. The molecule has 0 heterocycles. The van der Waals surface area contributed by atoms with Gasteiger partial charge in [0.15, 0.2) is 23.3 Å². The maximum Gasteiger partial charge on any atom is 0.274 e. The summed E-state index contributed by atoms with van der Waals surface area (Å²) >= 11 is 0.127. The van der Waals surface area contributed by atoms with E-state index in [4.69, 9.17) is 5.21 Å². The Balaban J connectivity index is 1.59. The average molecular weight is 612 g/mol. The summed E-state index contributed by atoms with van der Waals surface area (Å²) < 4.78 is 85.3. The summed E-state index contributed by atoms with van der Waals surface area (Å²) in [5.41, 5.74) is 2.72. The van der Waals surface area contributed by atoms with Crippen LogP contribution >= 0.6 is 11.9 Å². The molecule has 0 aliphatic heterocycles. The minimum atomic E-state index is -2.30. The number of nitrogens with zero attached hydrogens (tertiary/aromatic N) is 2. The van der Waals surface area contributed by atoms with Crippen molar-refractivity contribution in [2.24, 2.45) is 0 Å². The Kier molecular flexibility index (Phi) is 10.2. The third kappa shape index (κ3) is 6.90. The van der Waals surface area contributed by atoms with E-state index in [1.165, 1.54) is 25.0 Å². The fraction of sp³-hybridized carbons (Fsp3) is 0.310. The number of hydrogen-bond acceptors (Lipinski definition) is 5. The van der Waals surface area contributed by atoms with E-state index in [0.29, 0.717) is 11.5 Å². The Morgan fingerprint density at radius 2 is 1.48 bits per heavy atom. The molecule has 0 spiro atoms. The molecule has 42 heavy (non-hydrogen) atoms. The lowest BCUT2D eigenvalue weighted by molar-refractivity contribution is -0.118. The Labute approximate surface area is 242 Å². The Bertz CT molecular complexity index is 1440. The third-order valence-electron chi connectivity index (χ3n) is 7.07. The highest BCUT2D eigenvalue weighted by Gasteiger charge is 2.29. The van der Waals surface area contributed by atoms with E-state index in [-0.39, 0.29) is 29.7 Å². The monoisotopic (exact) mass is 611 g/mol. The van der Waals surface area contributed by atoms with Crippen LogP contribution in [0, 0.1) is 34.9 Å². The number of anilines is 1. The van der Waals surface area contributed by atoms with Crippen molar-refractivity contribution in [3.8, 4) is 0 Å². The van der Waals surface area contributed by atoms with Gasteiger partial charge in [-0.2, -0.15) is 0 Å². The van der Waals surface area contributed by atoms with E-state index in [0.717, 1.165) is 52.6 Å². The topological polar surface area (TPSA) is 72.9 Å². The average Bonchev–Trinajstić information content (AvgIpc) is 3.00. The lowest BCUT2D eigenvalue weighted by Crippen LogP contribution is -2.37. The number of hydroxylamine groups is 1. The van der Waals surface area contributed by atoms with Crippen LogP contribution in [0.3, 0.4) is 0 Å². The molecule has 0 aromatic heterocycles. The molecule has 224 valence electrons. The number of carbonyl (C=O) groups excluding carboxylic acids is 2. The van der Waals surface area contributed by atoms with Crippen molar-refractivity contribution >= 4 is 29.4 Å². The molecule has 1 fully saturated rings. The standard InChI is InChI=1S/C29H27F6N3O3S/c1-37(42-28-26(34)24(32)23(31)25(33)27(28)35)15-22(39)38(21-12-11-19(13-20(21)30)29(40)36-41)14-16-7-9-18(10-8-16)17-5-3-2-4-6-17/h7-13,17,41H,2-6,14-15H2,1H3,(H,36,40). The van der Waals surface area contributed by atoms with Crippen LogP contribution in [-0.2, 0) is 11.3 Å². The molecule has 1 aliphatic carbocycles. The number of amides is 2. The highest BCUT2D eigenvalue weighted by atomic mass is 32.2. The van der Waals surface area contributed by atoms with E-state index in [2.05, 4.69) is 0 Å². The predicted octanol–water partition coefficient (Wildman–Crippen LogP) is 6.86. The van der Waals surface area contributed by atoms with Crippen LogP contribution in [0.2, 0.25) is 0 Å². The van der Waals surface area contributed by atoms with E-state index < -0.39 is 58.2 Å². The largest absolute Gasteiger partial charge is 0.304 e. The zero-order valence-corrected chi connectivity index (χ0v) is 23.2. The first-order valence-corrected chi connectivity index (χ1v) is 13.8. The summed E-state index contributed by atoms with van der Waals surface area (Å²) in [7, 11) is 1.20. The minimum Gasteiger partial charge on any atom is -0.304 e. The predicted molar refractivity (Wildman–Crippen MR) is 144 cm³/mol. The van der Waals surface area contributed by atoms with Gasteiger partial charge in [0.25, 0.3) is 5.91 Å². The van der Waals surface area contributed by atoms with Crippen LogP contribution in [0.1, 0.15) is 59.5 Å². The van der Waals surface area contributed by atoms with Gasteiger partial charge in [-0.25, -0.2) is 36.1 Å². The number of nitrogens with one attached hydrogen (secondary N) is 1. The maximum absolute atomic E-state index is 15.2. The van der Waals surface area contributed by atoms with Crippen molar-refractivity contribution in [2.75, 3.05) is 18.5 Å². The van der Waals surface area contributed by atoms with Crippen LogP contribution in [0.15, 0.2) is 47.4 Å². The van der Waals surface area contributed by atoms with Gasteiger partial charge in [-0.15, -0.1) is 0 Å². The van der Waals surface area contributed by atoms with Crippen molar-refractivity contribution < 1.29 is 41.1 Å². The number of rotatable bonds is 9. The molecule has 0 bridgehead atoms. The lowest BCUT2D eigenvalue weighted by Gasteiger charge is -2.27. The first-order valence-electron chi connectivity index (χ1n) is 13.1. The van der Waals surface area contributed by atoms with E-state index in [1.54, 1.807) is 0 Å². The van der Waals surface area contributed by atoms with Crippen LogP contribution < -0.4 is 10.4 Å². The fourth-order valence-corrected chi connectivity index (χ4v) is 5.71. The smallest absolute Gasteiger partial charge is 0.274 e. The molecule has 0 unspecified atom stereocenters. The van der Waals surface area contributed by atoms with Gasteiger partial charge in [0.2, 0.25) is 11.7 Å². The van der Waals surface area contributed by atoms with Gasteiger partial charge < -0.3 is 4.90 Å². The summed E-state index contributed by atoms with van der Waals surface area (Å²) in [6.07, 6.45) is 5.66. The third-order valence-corrected chi connectivity index (χ3v) is 8.06. The molecule has 13 heteroatoms. The zero-order chi connectivity index (χ0) is 30.6. The molecular weight excluding hydrogens is 584 g/mol. The first kappa shape index (κ1) is 31.4. The second-order valence-electron chi connectivity index (χ2n) is 9.94. The van der Waals surface area contributed by atoms with Gasteiger partial charge in [0.1, 0.15) is 10.7 Å². The van der Waals surface area contributed by atoms with Crippen LogP contribution in [0.4, 0.5) is 32.0 Å². The highest BCUT2D eigenvalue weighted by Crippen LogP contribution is 2.34. The molecule has 0 saturated heterocycles. The van der Waals surface area contributed by atoms with Crippen LogP contribution in [-0.4, -0.2) is 34.9 Å². The fourth-order valence-electron chi connectivity index (χ4n) is 4.88. The van der Waals surface area contributed by atoms with E-state index in [1.807, 2.05) is 24.3 Å². The summed E-state index contributed by atoms with van der Waals surface area (Å²) in [5.74, 6) is -12.9. The molecule has 0 atom stereocenters. The Hall–Kier alpha value is -3.55.